The Balaban J connectivity index is 1.75. The summed E-state index contributed by atoms with van der Waals surface area (Å²) in [7, 11) is -3.55. The van der Waals surface area contributed by atoms with E-state index in [4.69, 9.17) is 27.4 Å². The number of benzene rings is 1. The van der Waals surface area contributed by atoms with Crippen molar-refractivity contribution in [1.82, 2.24) is 15.4 Å². The zero-order valence-electron chi connectivity index (χ0n) is 14.6. The lowest BCUT2D eigenvalue weighted by molar-refractivity contribution is 0.306. The summed E-state index contributed by atoms with van der Waals surface area (Å²) in [5.74, 6) is 1.62. The SMILES string of the molecule is Cc1nc(COS(C)(=O)=O)cc(N=C2CCN(c3ccc(Cl)c(Cl)c3)N2)n1. The van der Waals surface area contributed by atoms with Gasteiger partial charge in [0.1, 0.15) is 18.3 Å². The summed E-state index contributed by atoms with van der Waals surface area (Å²) in [6.07, 6.45) is 1.67. The van der Waals surface area contributed by atoms with Crippen molar-refractivity contribution in [1.29, 1.82) is 0 Å². The van der Waals surface area contributed by atoms with Crippen molar-refractivity contribution < 1.29 is 12.6 Å². The number of hydrogen-bond acceptors (Lipinski definition) is 7. The number of amidine groups is 1. The van der Waals surface area contributed by atoms with Gasteiger partial charge >= 0.3 is 0 Å². The van der Waals surface area contributed by atoms with Gasteiger partial charge in [-0.2, -0.15) is 8.42 Å². The Morgan fingerprint density at radius 2 is 2.04 bits per heavy atom. The second kappa shape index (κ2) is 7.97. The molecule has 144 valence electrons. The van der Waals surface area contributed by atoms with Gasteiger partial charge in [0, 0.05) is 19.0 Å². The molecule has 3 rings (SSSR count). The number of hydrogen-bond donors (Lipinski definition) is 1. The Morgan fingerprint density at radius 1 is 1.26 bits per heavy atom. The van der Waals surface area contributed by atoms with Crippen LogP contribution in [-0.4, -0.2) is 37.0 Å². The van der Waals surface area contributed by atoms with Gasteiger partial charge in [-0.05, 0) is 25.1 Å². The fraction of sp³-hybridized carbons (Fsp3) is 0.312. The number of anilines is 1. The minimum absolute atomic E-state index is 0.164. The first-order valence-electron chi connectivity index (χ1n) is 7.95. The van der Waals surface area contributed by atoms with Crippen molar-refractivity contribution in [2.45, 2.75) is 20.0 Å². The molecule has 1 aliphatic rings. The standard InChI is InChI=1S/C16H17Cl2N5O3S/c1-10-19-11(9-26-27(2,24)25)7-16(20-10)21-15-5-6-23(22-15)12-3-4-13(17)14(18)8-12/h3-4,7-8H,5-6,9H2,1-2H3,(H,19,20,21,22). The van der Waals surface area contributed by atoms with Gasteiger partial charge in [-0.15, -0.1) is 0 Å². The number of halogens is 2. The highest BCUT2D eigenvalue weighted by atomic mass is 35.5. The number of hydrazine groups is 1. The van der Waals surface area contributed by atoms with E-state index >= 15 is 0 Å². The van der Waals surface area contributed by atoms with Crippen LogP contribution >= 0.6 is 23.2 Å². The van der Waals surface area contributed by atoms with Crippen molar-refractivity contribution in [3.63, 3.8) is 0 Å². The van der Waals surface area contributed by atoms with Gasteiger partial charge < -0.3 is 0 Å². The molecule has 0 saturated carbocycles. The van der Waals surface area contributed by atoms with Crippen LogP contribution in [0.3, 0.4) is 0 Å². The molecule has 1 fully saturated rings. The van der Waals surface area contributed by atoms with E-state index in [0.717, 1.165) is 11.9 Å². The van der Waals surface area contributed by atoms with E-state index in [-0.39, 0.29) is 6.61 Å². The molecule has 0 spiro atoms. The molecule has 1 aliphatic heterocycles. The van der Waals surface area contributed by atoms with Crippen LogP contribution in [0.2, 0.25) is 10.0 Å². The molecule has 1 aromatic heterocycles. The maximum absolute atomic E-state index is 11.1. The van der Waals surface area contributed by atoms with Crippen LogP contribution in [-0.2, 0) is 20.9 Å². The number of rotatable bonds is 5. The molecule has 2 heterocycles. The third-order valence-electron chi connectivity index (χ3n) is 3.60. The molecule has 1 N–H and O–H groups in total. The average Bonchev–Trinajstić information content (AvgIpc) is 3.03. The van der Waals surface area contributed by atoms with Gasteiger partial charge in [-0.25, -0.2) is 15.0 Å². The minimum atomic E-state index is -3.55. The van der Waals surface area contributed by atoms with Gasteiger partial charge in [0.05, 0.1) is 27.7 Å². The second-order valence-electron chi connectivity index (χ2n) is 5.90. The van der Waals surface area contributed by atoms with Gasteiger partial charge in [-0.3, -0.25) is 14.6 Å². The van der Waals surface area contributed by atoms with Crippen LogP contribution in [0.5, 0.6) is 0 Å². The maximum atomic E-state index is 11.1. The number of aromatic nitrogens is 2. The lowest BCUT2D eigenvalue weighted by Gasteiger charge is -2.18. The van der Waals surface area contributed by atoms with Crippen LogP contribution in [0.25, 0.3) is 0 Å². The monoisotopic (exact) mass is 429 g/mol. The summed E-state index contributed by atoms with van der Waals surface area (Å²) in [4.78, 5) is 12.9. The highest BCUT2D eigenvalue weighted by Crippen LogP contribution is 2.27. The molecule has 0 bridgehead atoms. The van der Waals surface area contributed by atoms with E-state index in [1.165, 1.54) is 0 Å². The molecule has 27 heavy (non-hydrogen) atoms. The quantitative estimate of drug-likeness (QED) is 0.729. The molecular formula is C16H17Cl2N5O3S. The summed E-state index contributed by atoms with van der Waals surface area (Å²) in [5, 5.41) is 2.88. The number of aryl methyl sites for hydroxylation is 1. The smallest absolute Gasteiger partial charge is 0.264 e. The topological polar surface area (TPSA) is 96.8 Å². The molecule has 1 saturated heterocycles. The Labute approximate surface area is 167 Å². The summed E-state index contributed by atoms with van der Waals surface area (Å²) in [6, 6.07) is 6.96. The highest BCUT2D eigenvalue weighted by Gasteiger charge is 2.19. The van der Waals surface area contributed by atoms with Crippen molar-refractivity contribution in [2.75, 3.05) is 17.8 Å². The molecule has 0 atom stereocenters. The Bertz CT molecular complexity index is 998. The summed E-state index contributed by atoms with van der Waals surface area (Å²) < 4.78 is 27.1. The maximum Gasteiger partial charge on any atom is 0.264 e. The lowest BCUT2D eigenvalue weighted by atomic mass is 10.3. The summed E-state index contributed by atoms with van der Waals surface area (Å²) in [6.45, 7) is 2.24. The van der Waals surface area contributed by atoms with Crippen molar-refractivity contribution in [3.05, 3.63) is 45.8 Å². The first-order valence-corrected chi connectivity index (χ1v) is 10.5. The lowest BCUT2D eigenvalue weighted by Crippen LogP contribution is -2.33. The third-order valence-corrected chi connectivity index (χ3v) is 4.88. The summed E-state index contributed by atoms with van der Waals surface area (Å²) >= 11 is 12.0. The molecule has 0 radical (unpaired) electrons. The molecule has 0 unspecified atom stereocenters. The van der Waals surface area contributed by atoms with Gasteiger partial charge in [0.25, 0.3) is 10.1 Å². The van der Waals surface area contributed by atoms with E-state index in [9.17, 15) is 8.42 Å². The molecule has 2 aromatic rings. The minimum Gasteiger partial charge on any atom is -0.286 e. The van der Waals surface area contributed by atoms with Gasteiger partial charge in [-0.1, -0.05) is 23.2 Å². The van der Waals surface area contributed by atoms with E-state index in [2.05, 4.69) is 20.4 Å². The fourth-order valence-electron chi connectivity index (χ4n) is 2.46. The van der Waals surface area contributed by atoms with Gasteiger partial charge in [0.15, 0.2) is 5.82 Å². The molecule has 0 amide bonds. The molecule has 8 nitrogen and oxygen atoms in total. The second-order valence-corrected chi connectivity index (χ2v) is 8.36. The first kappa shape index (κ1) is 19.8. The predicted molar refractivity (Wildman–Crippen MR) is 105 cm³/mol. The van der Waals surface area contributed by atoms with Crippen LogP contribution in [0.1, 0.15) is 17.9 Å². The zero-order valence-corrected chi connectivity index (χ0v) is 16.9. The molecule has 11 heteroatoms. The van der Waals surface area contributed by atoms with Crippen LogP contribution in [0, 0.1) is 6.92 Å². The van der Waals surface area contributed by atoms with Crippen LogP contribution in [0.4, 0.5) is 11.5 Å². The van der Waals surface area contributed by atoms with Crippen LogP contribution in [0.15, 0.2) is 29.3 Å². The number of aliphatic imine (C=N–C) groups is 1. The van der Waals surface area contributed by atoms with Crippen molar-refractivity contribution >= 4 is 50.7 Å². The van der Waals surface area contributed by atoms with E-state index in [1.807, 2.05) is 11.1 Å². The molecule has 0 aliphatic carbocycles. The molecule has 1 aromatic carbocycles. The highest BCUT2D eigenvalue weighted by molar-refractivity contribution is 7.85. The molecular weight excluding hydrogens is 413 g/mol. The van der Waals surface area contributed by atoms with E-state index in [0.29, 0.717) is 46.2 Å². The number of nitrogens with one attached hydrogen (secondary N) is 1. The number of nitrogens with zero attached hydrogens (tertiary/aromatic N) is 4. The first-order chi connectivity index (χ1) is 12.7. The fourth-order valence-corrected chi connectivity index (χ4v) is 3.09. The predicted octanol–water partition coefficient (Wildman–Crippen LogP) is 3.01. The van der Waals surface area contributed by atoms with E-state index in [1.54, 1.807) is 25.1 Å². The van der Waals surface area contributed by atoms with Gasteiger partial charge in [0.2, 0.25) is 0 Å². The largest absolute Gasteiger partial charge is 0.286 e. The summed E-state index contributed by atoms with van der Waals surface area (Å²) in [5.41, 5.74) is 4.50. The van der Waals surface area contributed by atoms with Crippen molar-refractivity contribution in [3.8, 4) is 0 Å². The van der Waals surface area contributed by atoms with Crippen LogP contribution < -0.4 is 10.4 Å². The third kappa shape index (κ3) is 5.52. The Morgan fingerprint density at radius 3 is 2.74 bits per heavy atom. The average molecular weight is 430 g/mol. The Kier molecular flexibility index (Phi) is 5.85. The Hall–Kier alpha value is -1.94. The van der Waals surface area contributed by atoms with Crippen molar-refractivity contribution in [2.24, 2.45) is 4.99 Å². The normalized spacial score (nSPS) is 16.0. The van der Waals surface area contributed by atoms with E-state index < -0.39 is 10.1 Å². The zero-order chi connectivity index (χ0) is 19.6.